The van der Waals surface area contributed by atoms with Gasteiger partial charge in [-0.15, -0.1) is 0 Å². The summed E-state index contributed by atoms with van der Waals surface area (Å²) in [6.07, 6.45) is 6.88. The van der Waals surface area contributed by atoms with E-state index in [-0.39, 0.29) is 0 Å². The second-order valence-corrected chi connectivity index (χ2v) is 5.60. The van der Waals surface area contributed by atoms with Crippen molar-refractivity contribution >= 4 is 0 Å². The Bertz CT molecular complexity index is 268. The molecule has 1 saturated carbocycles. The third-order valence-corrected chi connectivity index (χ3v) is 4.71. The topological polar surface area (TPSA) is 18.5 Å². The zero-order valence-electron chi connectivity index (χ0n) is 9.99. The number of hydrogen-bond donors (Lipinski definition) is 0. The maximum Gasteiger partial charge on any atom is 0.0625 e. The Morgan fingerprint density at radius 2 is 1.81 bits per heavy atom. The second-order valence-electron chi connectivity index (χ2n) is 5.60. The lowest BCUT2D eigenvalue weighted by Crippen LogP contribution is -2.44. The smallest absolute Gasteiger partial charge is 0.0625 e. The number of rotatable bonds is 2. The summed E-state index contributed by atoms with van der Waals surface area (Å²) in [5, 5.41) is 0. The molecule has 1 aliphatic carbocycles. The molecule has 1 unspecified atom stereocenters. The molecule has 90 valence electrons. The monoisotopic (exact) mass is 222 g/mol. The van der Waals surface area contributed by atoms with Gasteiger partial charge in [0, 0.05) is 19.1 Å². The number of hydrogen-bond acceptors (Lipinski definition) is 2. The van der Waals surface area contributed by atoms with E-state index in [0.29, 0.717) is 6.10 Å². The highest BCUT2D eigenvalue weighted by Gasteiger charge is 2.39. The Kier molecular flexibility index (Phi) is 3.03. The summed E-state index contributed by atoms with van der Waals surface area (Å²) in [5.74, 6) is 2.35. The van der Waals surface area contributed by atoms with Crippen LogP contribution in [0.3, 0.4) is 0 Å². The molecule has 0 spiro atoms. The first kappa shape index (κ1) is 10.8. The van der Waals surface area contributed by atoms with Crippen LogP contribution in [-0.4, -0.2) is 25.9 Å². The van der Waals surface area contributed by atoms with E-state index in [1.54, 1.807) is 0 Å². The van der Waals surface area contributed by atoms with E-state index in [1.807, 2.05) is 0 Å². The van der Waals surface area contributed by atoms with E-state index in [0.717, 1.165) is 37.6 Å². The minimum atomic E-state index is 0.596. The summed E-state index contributed by atoms with van der Waals surface area (Å²) < 4.78 is 11.0. The van der Waals surface area contributed by atoms with E-state index in [4.69, 9.17) is 9.47 Å². The Morgan fingerprint density at radius 3 is 2.44 bits per heavy atom. The van der Waals surface area contributed by atoms with Crippen molar-refractivity contribution in [1.82, 2.24) is 0 Å². The summed E-state index contributed by atoms with van der Waals surface area (Å²) in [6.45, 7) is 7.26. The zero-order chi connectivity index (χ0) is 11.0. The summed E-state index contributed by atoms with van der Waals surface area (Å²) in [5.41, 5.74) is 1.52. The van der Waals surface area contributed by atoms with Gasteiger partial charge in [-0.2, -0.15) is 0 Å². The van der Waals surface area contributed by atoms with Crippen LogP contribution in [0.2, 0.25) is 0 Å². The third-order valence-electron chi connectivity index (χ3n) is 4.71. The number of ether oxygens (including phenoxy) is 2. The summed E-state index contributed by atoms with van der Waals surface area (Å²) >= 11 is 0. The normalized spacial score (nSPS) is 39.9. The van der Waals surface area contributed by atoms with Gasteiger partial charge in [0.15, 0.2) is 0 Å². The fourth-order valence-corrected chi connectivity index (χ4v) is 3.49. The zero-order valence-corrected chi connectivity index (χ0v) is 9.99. The maximum atomic E-state index is 5.56. The van der Waals surface area contributed by atoms with Gasteiger partial charge in [0.1, 0.15) is 0 Å². The Labute approximate surface area is 98.0 Å². The number of allylic oxidation sites excluding steroid dienone is 1. The average molecular weight is 222 g/mol. The highest BCUT2D eigenvalue weighted by Crippen LogP contribution is 2.43. The van der Waals surface area contributed by atoms with Crippen molar-refractivity contribution < 1.29 is 9.47 Å². The molecule has 3 atom stereocenters. The molecule has 3 fully saturated rings. The molecule has 0 aromatic carbocycles. The maximum absolute atomic E-state index is 5.56. The SMILES string of the molecule is C=C(C1CCOCC1)[C@H]1CC[C@H]2OCC2C1. The molecule has 0 amide bonds. The fraction of sp³-hybridized carbons (Fsp3) is 0.857. The minimum absolute atomic E-state index is 0.596. The lowest BCUT2D eigenvalue weighted by molar-refractivity contribution is -0.141. The molecule has 2 heterocycles. The highest BCUT2D eigenvalue weighted by atomic mass is 16.5. The first-order chi connectivity index (χ1) is 7.84. The van der Waals surface area contributed by atoms with Crippen molar-refractivity contribution in [2.24, 2.45) is 17.8 Å². The lowest BCUT2D eigenvalue weighted by Gasteiger charge is -2.45. The molecule has 0 aromatic rings. The molecule has 3 rings (SSSR count). The highest BCUT2D eigenvalue weighted by molar-refractivity contribution is 5.09. The van der Waals surface area contributed by atoms with Crippen molar-refractivity contribution in [2.45, 2.75) is 38.2 Å². The number of fused-ring (bicyclic) bond motifs is 1. The predicted octanol–water partition coefficient (Wildman–Crippen LogP) is 2.78. The fourth-order valence-electron chi connectivity index (χ4n) is 3.49. The molecule has 2 aliphatic heterocycles. The molecule has 3 aliphatic rings. The molecular weight excluding hydrogens is 200 g/mol. The van der Waals surface area contributed by atoms with Gasteiger partial charge in [0.25, 0.3) is 0 Å². The summed E-state index contributed by atoms with van der Waals surface area (Å²) in [7, 11) is 0. The molecule has 0 radical (unpaired) electrons. The van der Waals surface area contributed by atoms with Gasteiger partial charge in [-0.3, -0.25) is 0 Å². The van der Waals surface area contributed by atoms with Crippen LogP contribution in [0.25, 0.3) is 0 Å². The average Bonchev–Trinajstić information content (AvgIpc) is 2.31. The van der Waals surface area contributed by atoms with Crippen LogP contribution < -0.4 is 0 Å². The van der Waals surface area contributed by atoms with Gasteiger partial charge < -0.3 is 9.47 Å². The quantitative estimate of drug-likeness (QED) is 0.669. The van der Waals surface area contributed by atoms with Crippen molar-refractivity contribution in [2.75, 3.05) is 19.8 Å². The van der Waals surface area contributed by atoms with Gasteiger partial charge in [0.05, 0.1) is 12.7 Å². The van der Waals surface area contributed by atoms with E-state index >= 15 is 0 Å². The van der Waals surface area contributed by atoms with E-state index in [2.05, 4.69) is 6.58 Å². The van der Waals surface area contributed by atoms with Gasteiger partial charge in [-0.05, 0) is 43.9 Å². The molecule has 2 saturated heterocycles. The Morgan fingerprint density at radius 1 is 1.00 bits per heavy atom. The second kappa shape index (κ2) is 4.50. The van der Waals surface area contributed by atoms with Crippen LogP contribution in [0.1, 0.15) is 32.1 Å². The molecule has 0 aromatic heterocycles. The van der Waals surface area contributed by atoms with Gasteiger partial charge >= 0.3 is 0 Å². The van der Waals surface area contributed by atoms with Crippen LogP contribution >= 0.6 is 0 Å². The first-order valence-corrected chi connectivity index (χ1v) is 6.72. The van der Waals surface area contributed by atoms with Crippen molar-refractivity contribution in [3.8, 4) is 0 Å². The summed E-state index contributed by atoms with van der Waals surface area (Å²) in [4.78, 5) is 0. The molecular formula is C14H22O2. The van der Waals surface area contributed by atoms with Gasteiger partial charge in [0.2, 0.25) is 0 Å². The van der Waals surface area contributed by atoms with Crippen molar-refractivity contribution in [1.29, 1.82) is 0 Å². The van der Waals surface area contributed by atoms with Crippen molar-refractivity contribution in [3.63, 3.8) is 0 Å². The minimum Gasteiger partial charge on any atom is -0.381 e. The van der Waals surface area contributed by atoms with Crippen LogP contribution in [0.15, 0.2) is 12.2 Å². The first-order valence-electron chi connectivity index (χ1n) is 6.72. The third kappa shape index (κ3) is 1.93. The van der Waals surface area contributed by atoms with Crippen LogP contribution in [0, 0.1) is 17.8 Å². The Hall–Kier alpha value is -0.340. The predicted molar refractivity (Wildman–Crippen MR) is 63.3 cm³/mol. The van der Waals surface area contributed by atoms with Gasteiger partial charge in [-0.25, -0.2) is 0 Å². The molecule has 2 nitrogen and oxygen atoms in total. The molecule has 0 bridgehead atoms. The Balaban J connectivity index is 1.57. The van der Waals surface area contributed by atoms with Crippen LogP contribution in [-0.2, 0) is 9.47 Å². The lowest BCUT2D eigenvalue weighted by atomic mass is 9.71. The standard InChI is InChI=1S/C14H22O2/c1-10(11-4-6-15-7-5-11)12-2-3-14-13(8-12)9-16-14/h11-14H,1-9H2/t12-,13?,14+/m0/s1. The summed E-state index contributed by atoms with van der Waals surface area (Å²) in [6, 6.07) is 0. The van der Waals surface area contributed by atoms with Gasteiger partial charge in [-0.1, -0.05) is 12.2 Å². The van der Waals surface area contributed by atoms with E-state index in [9.17, 15) is 0 Å². The molecule has 0 N–H and O–H groups in total. The van der Waals surface area contributed by atoms with Crippen molar-refractivity contribution in [3.05, 3.63) is 12.2 Å². The largest absolute Gasteiger partial charge is 0.381 e. The van der Waals surface area contributed by atoms with Crippen LogP contribution in [0.5, 0.6) is 0 Å². The van der Waals surface area contributed by atoms with Crippen LogP contribution in [0.4, 0.5) is 0 Å². The molecule has 16 heavy (non-hydrogen) atoms. The molecule has 2 heteroatoms. The van der Waals surface area contributed by atoms with E-state index in [1.165, 1.54) is 37.7 Å². The van der Waals surface area contributed by atoms with E-state index < -0.39 is 0 Å².